The van der Waals surface area contributed by atoms with Gasteiger partial charge >= 0.3 is 0 Å². The van der Waals surface area contributed by atoms with Crippen molar-refractivity contribution in [2.24, 2.45) is 10.7 Å². The summed E-state index contributed by atoms with van der Waals surface area (Å²) in [7, 11) is -0.931. The van der Waals surface area contributed by atoms with Gasteiger partial charge in [0.15, 0.2) is 5.65 Å². The fourth-order valence-electron chi connectivity index (χ4n) is 3.48. The van der Waals surface area contributed by atoms with Crippen molar-refractivity contribution in [3.8, 4) is 5.88 Å². The van der Waals surface area contributed by atoms with Crippen LogP contribution >= 0.6 is 0 Å². The lowest BCUT2D eigenvalue weighted by Crippen LogP contribution is -2.50. The van der Waals surface area contributed by atoms with Crippen molar-refractivity contribution in [2.45, 2.75) is 18.9 Å². The lowest BCUT2D eigenvalue weighted by molar-refractivity contribution is 0.397. The van der Waals surface area contributed by atoms with Gasteiger partial charge in [0.2, 0.25) is 21.9 Å². The summed E-state index contributed by atoms with van der Waals surface area (Å²) in [5.41, 5.74) is 6.71. The molecule has 1 aliphatic rings. The van der Waals surface area contributed by atoms with Crippen molar-refractivity contribution in [1.82, 2.24) is 24.2 Å². The zero-order chi connectivity index (χ0) is 22.4. The number of hydrogen-bond donors (Lipinski definition) is 1. The quantitative estimate of drug-likeness (QED) is 0.627. The van der Waals surface area contributed by atoms with Gasteiger partial charge in [0.25, 0.3) is 0 Å². The van der Waals surface area contributed by atoms with E-state index in [1.54, 1.807) is 19.1 Å². The average molecular weight is 445 g/mol. The molecule has 4 rings (SSSR count). The normalized spacial score (nSPS) is 20.5. The molecule has 0 aliphatic carbocycles. The zero-order valence-electron chi connectivity index (χ0n) is 17.1. The molecular formula is C19H20FN7O3S. The molecule has 0 saturated heterocycles. The molecule has 2 aromatic heterocycles. The molecule has 0 unspecified atom stereocenters. The van der Waals surface area contributed by atoms with Crippen LogP contribution in [-0.2, 0) is 22.0 Å². The molecule has 10 nitrogen and oxygen atoms in total. The van der Waals surface area contributed by atoms with Gasteiger partial charge in [-0.25, -0.2) is 37.1 Å². The molecule has 1 aromatic carbocycles. The number of rotatable bonds is 4. The van der Waals surface area contributed by atoms with Crippen molar-refractivity contribution in [1.29, 1.82) is 0 Å². The van der Waals surface area contributed by atoms with Gasteiger partial charge in [0.05, 0.1) is 24.8 Å². The molecule has 12 heteroatoms. The Balaban J connectivity index is 1.75. The number of methoxy groups -OCH3 is 1. The molecule has 162 valence electrons. The van der Waals surface area contributed by atoms with Crippen LogP contribution in [0.5, 0.6) is 5.88 Å². The summed E-state index contributed by atoms with van der Waals surface area (Å²) in [6.45, 7) is 1.55. The molecular weight excluding hydrogens is 425 g/mol. The number of aromatic nitrogens is 4. The highest BCUT2D eigenvalue weighted by molar-refractivity contribution is 7.89. The van der Waals surface area contributed by atoms with Gasteiger partial charge in [0.1, 0.15) is 23.2 Å². The molecule has 0 amide bonds. The van der Waals surface area contributed by atoms with E-state index < -0.39 is 27.1 Å². The fourth-order valence-corrected chi connectivity index (χ4v) is 4.93. The third kappa shape index (κ3) is 3.74. The lowest BCUT2D eigenvalue weighted by Gasteiger charge is -2.34. The number of nitrogens with zero attached hydrogens (tertiary/aromatic N) is 6. The Hall–Kier alpha value is -3.41. The van der Waals surface area contributed by atoms with Gasteiger partial charge in [0, 0.05) is 19.0 Å². The summed E-state index contributed by atoms with van der Waals surface area (Å²) in [6, 6.07) is 4.46. The molecule has 3 aromatic rings. The Kier molecular flexibility index (Phi) is 4.96. The van der Waals surface area contributed by atoms with Crippen LogP contribution in [0.15, 0.2) is 35.7 Å². The number of ether oxygens (including phenoxy) is 1. The van der Waals surface area contributed by atoms with Gasteiger partial charge in [-0.1, -0.05) is 12.1 Å². The van der Waals surface area contributed by atoms with Crippen LogP contribution in [0.3, 0.4) is 0 Å². The van der Waals surface area contributed by atoms with Crippen molar-refractivity contribution < 1.29 is 17.5 Å². The van der Waals surface area contributed by atoms with Gasteiger partial charge in [-0.2, -0.15) is 4.98 Å². The average Bonchev–Trinajstić information content (AvgIpc) is 2.72. The first-order valence-electron chi connectivity index (χ1n) is 9.24. The van der Waals surface area contributed by atoms with Gasteiger partial charge < -0.3 is 10.5 Å². The van der Waals surface area contributed by atoms with Crippen molar-refractivity contribution in [2.75, 3.05) is 19.9 Å². The van der Waals surface area contributed by atoms with Crippen LogP contribution in [0.2, 0.25) is 0 Å². The molecule has 0 bridgehead atoms. The van der Waals surface area contributed by atoms with Gasteiger partial charge in [-0.3, -0.25) is 0 Å². The molecule has 0 radical (unpaired) electrons. The third-order valence-corrected chi connectivity index (χ3v) is 7.10. The van der Waals surface area contributed by atoms with Crippen LogP contribution in [-0.4, -0.2) is 58.5 Å². The second-order valence-electron chi connectivity index (χ2n) is 7.36. The number of halogens is 1. The van der Waals surface area contributed by atoms with Crippen molar-refractivity contribution in [3.63, 3.8) is 0 Å². The van der Waals surface area contributed by atoms with Gasteiger partial charge in [-0.15, -0.1) is 0 Å². The number of sulfonamides is 1. The lowest BCUT2D eigenvalue weighted by atomic mass is 9.91. The molecule has 0 fully saturated rings. The van der Waals surface area contributed by atoms with E-state index in [2.05, 4.69) is 24.9 Å². The second kappa shape index (κ2) is 7.38. The number of fused-ring (bicyclic) bond motifs is 1. The van der Waals surface area contributed by atoms with E-state index in [0.29, 0.717) is 34.7 Å². The Labute approximate surface area is 178 Å². The van der Waals surface area contributed by atoms with E-state index >= 15 is 0 Å². The number of aliphatic imine (C=N–C) groups is 1. The second-order valence-corrected chi connectivity index (χ2v) is 9.36. The highest BCUT2D eigenvalue weighted by Gasteiger charge is 2.41. The summed E-state index contributed by atoms with van der Waals surface area (Å²) >= 11 is 0. The van der Waals surface area contributed by atoms with E-state index in [9.17, 15) is 12.8 Å². The first-order valence-corrected chi connectivity index (χ1v) is 10.9. The number of benzene rings is 1. The molecule has 3 heterocycles. The maximum Gasteiger partial charge on any atom is 0.239 e. The third-order valence-electron chi connectivity index (χ3n) is 5.16. The highest BCUT2D eigenvalue weighted by atomic mass is 32.2. The SMILES string of the molecule is COc1cnc2c(Cc3ccc(F)c([C@]4(C)CS(=O)(=O)N(C)C(N)=N4)c3)ncnc2n1. The van der Waals surface area contributed by atoms with Gasteiger partial charge in [-0.05, 0) is 18.6 Å². The Morgan fingerprint density at radius 2 is 2.06 bits per heavy atom. The minimum Gasteiger partial charge on any atom is -0.480 e. The number of hydrogen-bond acceptors (Lipinski definition) is 9. The Morgan fingerprint density at radius 3 is 2.77 bits per heavy atom. The Morgan fingerprint density at radius 1 is 1.29 bits per heavy atom. The van der Waals surface area contributed by atoms with E-state index in [4.69, 9.17) is 10.5 Å². The summed E-state index contributed by atoms with van der Waals surface area (Å²) in [5, 5.41) is 0. The minimum atomic E-state index is -3.73. The number of guanidine groups is 1. The van der Waals surface area contributed by atoms with Crippen molar-refractivity contribution in [3.05, 3.63) is 53.4 Å². The first-order chi connectivity index (χ1) is 14.6. The first kappa shape index (κ1) is 20.8. The van der Waals surface area contributed by atoms with E-state index in [-0.39, 0.29) is 11.5 Å². The summed E-state index contributed by atoms with van der Waals surface area (Å²) < 4.78 is 45.7. The topological polar surface area (TPSA) is 137 Å². The van der Waals surface area contributed by atoms with Crippen LogP contribution in [0, 0.1) is 5.82 Å². The van der Waals surface area contributed by atoms with Crippen LogP contribution in [0.1, 0.15) is 23.7 Å². The number of nitrogens with two attached hydrogens (primary N) is 1. The summed E-state index contributed by atoms with van der Waals surface area (Å²) in [6.07, 6.45) is 3.13. The summed E-state index contributed by atoms with van der Waals surface area (Å²) in [5.74, 6) is -0.837. The predicted octanol–water partition coefficient (Wildman–Crippen LogP) is 0.963. The molecule has 1 aliphatic heterocycles. The van der Waals surface area contributed by atoms with E-state index in [1.807, 2.05) is 0 Å². The summed E-state index contributed by atoms with van der Waals surface area (Å²) in [4.78, 5) is 21.2. The monoisotopic (exact) mass is 445 g/mol. The molecule has 1 atom stereocenters. The molecule has 0 spiro atoms. The molecule has 2 N–H and O–H groups in total. The largest absolute Gasteiger partial charge is 0.480 e. The maximum atomic E-state index is 14.8. The van der Waals surface area contributed by atoms with E-state index in [1.165, 1.54) is 32.7 Å². The van der Waals surface area contributed by atoms with E-state index in [0.717, 1.165) is 4.31 Å². The fraction of sp³-hybridized carbons (Fsp3) is 0.316. The highest BCUT2D eigenvalue weighted by Crippen LogP contribution is 2.34. The molecule has 0 saturated carbocycles. The maximum absolute atomic E-state index is 14.8. The Bertz CT molecular complexity index is 1320. The zero-order valence-corrected chi connectivity index (χ0v) is 17.9. The van der Waals surface area contributed by atoms with Crippen LogP contribution < -0.4 is 10.5 Å². The predicted molar refractivity (Wildman–Crippen MR) is 111 cm³/mol. The molecule has 31 heavy (non-hydrogen) atoms. The standard InChI is InChI=1S/C19H20FN7O3S/c1-19(9-31(28,29)27(2)18(21)26-19)12-6-11(4-5-13(12)20)7-14-16-17(24-10-23-14)25-15(30-3)8-22-16/h4-6,8,10H,7,9H2,1-3H3,(H2,21,26)/t19-/m0/s1. The van der Waals surface area contributed by atoms with Crippen molar-refractivity contribution >= 4 is 27.1 Å². The van der Waals surface area contributed by atoms with Crippen LogP contribution in [0.4, 0.5) is 4.39 Å². The minimum absolute atomic E-state index is 0.135. The van der Waals surface area contributed by atoms with Crippen LogP contribution in [0.25, 0.3) is 11.2 Å². The smallest absolute Gasteiger partial charge is 0.239 e.